The van der Waals surface area contributed by atoms with Gasteiger partial charge in [0.25, 0.3) is 10.8 Å². The lowest BCUT2D eigenvalue weighted by molar-refractivity contribution is -0.113. The van der Waals surface area contributed by atoms with Crippen molar-refractivity contribution < 1.29 is 18.7 Å². The maximum atomic E-state index is 12.4. The van der Waals surface area contributed by atoms with Gasteiger partial charge in [-0.1, -0.05) is 23.5 Å². The van der Waals surface area contributed by atoms with Gasteiger partial charge in [-0.3, -0.25) is 9.59 Å². The smallest absolute Gasteiger partial charge is 0.341 e. The number of ether oxygens (including phenoxy) is 1. The molecule has 32 heavy (non-hydrogen) atoms. The largest absolute Gasteiger partial charge is 0.462 e. The molecular formula is C18H20N6O5S3. The van der Waals surface area contributed by atoms with Gasteiger partial charge in [0, 0.05) is 10.9 Å². The standard InChI is InChI=1S/C18H20N6O5S3/c1-4-28-16(27)14-8(2)9(3)32-15(14)21-12(26)6-31-18-24-23-13(29-18)7-30-17-20-10(19)5-11(25)22-17/h5H,4,6-7H2,1-3H3,(H,21,26)(H3,19,20,22,25). The van der Waals surface area contributed by atoms with E-state index in [-0.39, 0.29) is 40.6 Å². The van der Waals surface area contributed by atoms with Crippen molar-refractivity contribution in [3.05, 3.63) is 38.3 Å². The molecule has 1 amide bonds. The first-order chi connectivity index (χ1) is 15.3. The van der Waals surface area contributed by atoms with E-state index in [4.69, 9.17) is 14.9 Å². The molecule has 0 spiro atoms. The third-order valence-corrected chi connectivity index (χ3v) is 6.76. The second-order valence-corrected chi connectivity index (χ2v) is 9.39. The number of nitrogens with one attached hydrogen (secondary N) is 2. The fraction of sp³-hybridized carbons (Fsp3) is 0.333. The third kappa shape index (κ3) is 6.11. The lowest BCUT2D eigenvalue weighted by Crippen LogP contribution is -2.16. The van der Waals surface area contributed by atoms with Gasteiger partial charge in [0.05, 0.1) is 23.7 Å². The number of carbonyl (C=O) groups is 2. The summed E-state index contributed by atoms with van der Waals surface area (Å²) in [6.45, 7) is 5.66. The van der Waals surface area contributed by atoms with E-state index in [1.807, 2.05) is 13.8 Å². The van der Waals surface area contributed by atoms with Crippen molar-refractivity contribution in [1.29, 1.82) is 0 Å². The lowest BCUT2D eigenvalue weighted by atomic mass is 10.1. The Morgan fingerprint density at radius 2 is 2.09 bits per heavy atom. The monoisotopic (exact) mass is 496 g/mol. The molecule has 14 heteroatoms. The number of nitrogen functional groups attached to an aromatic ring is 1. The molecule has 0 radical (unpaired) electrons. The van der Waals surface area contributed by atoms with Gasteiger partial charge >= 0.3 is 5.97 Å². The third-order valence-electron chi connectivity index (χ3n) is 3.96. The Morgan fingerprint density at radius 1 is 1.31 bits per heavy atom. The van der Waals surface area contributed by atoms with Crippen molar-refractivity contribution in [3.8, 4) is 0 Å². The van der Waals surface area contributed by atoms with Crippen LogP contribution in [-0.2, 0) is 15.3 Å². The molecule has 3 rings (SSSR count). The van der Waals surface area contributed by atoms with Gasteiger partial charge in [-0.25, -0.2) is 9.78 Å². The van der Waals surface area contributed by atoms with Crippen LogP contribution in [0.4, 0.5) is 10.8 Å². The first-order valence-corrected chi connectivity index (χ1v) is 12.1. The minimum absolute atomic E-state index is 0.0110. The minimum atomic E-state index is -0.465. The minimum Gasteiger partial charge on any atom is -0.462 e. The molecule has 0 saturated heterocycles. The fourth-order valence-electron chi connectivity index (χ4n) is 2.46. The van der Waals surface area contributed by atoms with E-state index in [1.54, 1.807) is 6.92 Å². The summed E-state index contributed by atoms with van der Waals surface area (Å²) in [4.78, 5) is 43.5. The van der Waals surface area contributed by atoms with Gasteiger partial charge in [0.15, 0.2) is 5.16 Å². The zero-order valence-corrected chi connectivity index (χ0v) is 19.8. The highest BCUT2D eigenvalue weighted by molar-refractivity contribution is 7.99. The molecule has 0 saturated carbocycles. The average Bonchev–Trinajstić information content (AvgIpc) is 3.28. The van der Waals surface area contributed by atoms with Crippen LogP contribution in [-0.4, -0.2) is 44.4 Å². The number of hydrogen-bond acceptors (Lipinski definition) is 12. The van der Waals surface area contributed by atoms with E-state index < -0.39 is 5.97 Å². The number of aryl methyl sites for hydroxylation is 1. The molecule has 3 aromatic rings. The highest BCUT2D eigenvalue weighted by atomic mass is 32.2. The van der Waals surface area contributed by atoms with E-state index in [0.717, 1.165) is 22.2 Å². The van der Waals surface area contributed by atoms with E-state index >= 15 is 0 Å². The number of amides is 1. The molecule has 0 atom stereocenters. The number of thioether (sulfide) groups is 2. The lowest BCUT2D eigenvalue weighted by Gasteiger charge is -2.06. The van der Waals surface area contributed by atoms with E-state index in [1.165, 1.54) is 29.2 Å². The predicted molar refractivity (Wildman–Crippen MR) is 122 cm³/mol. The normalized spacial score (nSPS) is 10.8. The van der Waals surface area contributed by atoms with E-state index in [0.29, 0.717) is 21.6 Å². The summed E-state index contributed by atoms with van der Waals surface area (Å²) >= 11 is 3.56. The Kier molecular flexibility index (Phi) is 7.93. The summed E-state index contributed by atoms with van der Waals surface area (Å²) in [6.07, 6.45) is 0. The Hall–Kier alpha value is -2.84. The molecule has 0 aliphatic carbocycles. The molecule has 0 aliphatic rings. The molecule has 3 aromatic heterocycles. The number of aromatic amines is 1. The van der Waals surface area contributed by atoms with Crippen LogP contribution >= 0.6 is 34.9 Å². The van der Waals surface area contributed by atoms with Crippen LogP contribution in [0.3, 0.4) is 0 Å². The van der Waals surface area contributed by atoms with Crippen molar-refractivity contribution in [3.63, 3.8) is 0 Å². The van der Waals surface area contributed by atoms with Crippen molar-refractivity contribution in [2.75, 3.05) is 23.4 Å². The Bertz CT molecular complexity index is 1190. The van der Waals surface area contributed by atoms with E-state index in [2.05, 4.69) is 25.5 Å². The van der Waals surface area contributed by atoms with Crippen LogP contribution < -0.4 is 16.6 Å². The first-order valence-electron chi connectivity index (χ1n) is 9.28. The molecule has 0 bridgehead atoms. The fourth-order valence-corrected chi connectivity index (χ4v) is 4.83. The molecule has 3 heterocycles. The zero-order valence-electron chi connectivity index (χ0n) is 17.4. The molecular weight excluding hydrogens is 476 g/mol. The molecule has 0 aromatic carbocycles. The summed E-state index contributed by atoms with van der Waals surface area (Å²) in [5.74, 6) is -0.0897. The number of nitrogens with two attached hydrogens (primary N) is 1. The Morgan fingerprint density at radius 3 is 2.81 bits per heavy atom. The molecule has 170 valence electrons. The van der Waals surface area contributed by atoms with Gasteiger partial charge in [0.2, 0.25) is 11.8 Å². The molecule has 0 unspecified atom stereocenters. The number of carbonyl (C=O) groups excluding carboxylic acids is 2. The summed E-state index contributed by atoms with van der Waals surface area (Å²) < 4.78 is 10.6. The number of esters is 1. The topological polar surface area (TPSA) is 166 Å². The molecule has 0 aliphatic heterocycles. The van der Waals surface area contributed by atoms with Crippen LogP contribution in [0.1, 0.15) is 33.6 Å². The number of thiophene rings is 1. The predicted octanol–water partition coefficient (Wildman–Crippen LogP) is 2.61. The number of hydrogen-bond donors (Lipinski definition) is 3. The average molecular weight is 497 g/mol. The summed E-state index contributed by atoms with van der Waals surface area (Å²) in [7, 11) is 0. The second kappa shape index (κ2) is 10.7. The van der Waals surface area contributed by atoms with Crippen LogP contribution in [0.15, 0.2) is 25.7 Å². The SMILES string of the molecule is CCOC(=O)c1c(NC(=O)CSc2nnc(CSc3nc(N)cc(=O)[nH]3)o2)sc(C)c1C. The number of rotatable bonds is 9. The molecule has 0 fully saturated rings. The first kappa shape index (κ1) is 23.8. The number of nitrogens with zero attached hydrogens (tertiary/aromatic N) is 3. The second-order valence-electron chi connectivity index (χ2n) is 6.27. The molecule has 4 N–H and O–H groups in total. The van der Waals surface area contributed by atoms with Crippen LogP contribution in [0.2, 0.25) is 0 Å². The summed E-state index contributed by atoms with van der Waals surface area (Å²) in [5.41, 5.74) is 6.35. The maximum absolute atomic E-state index is 12.4. The van der Waals surface area contributed by atoms with Gasteiger partial charge in [-0.05, 0) is 26.3 Å². The summed E-state index contributed by atoms with van der Waals surface area (Å²) in [6, 6.07) is 1.19. The highest BCUT2D eigenvalue weighted by Crippen LogP contribution is 2.33. The van der Waals surface area contributed by atoms with Gasteiger partial charge in [-0.2, -0.15) is 0 Å². The Balaban J connectivity index is 1.55. The van der Waals surface area contributed by atoms with Crippen molar-refractivity contribution in [2.24, 2.45) is 0 Å². The van der Waals surface area contributed by atoms with Crippen molar-refractivity contribution in [1.82, 2.24) is 20.2 Å². The highest BCUT2D eigenvalue weighted by Gasteiger charge is 2.22. The quantitative estimate of drug-likeness (QED) is 0.226. The number of anilines is 2. The Labute approximate surface area is 194 Å². The van der Waals surface area contributed by atoms with Gasteiger partial charge in [0.1, 0.15) is 10.8 Å². The number of aromatic nitrogens is 4. The zero-order chi connectivity index (χ0) is 23.3. The van der Waals surface area contributed by atoms with Crippen LogP contribution in [0.25, 0.3) is 0 Å². The maximum Gasteiger partial charge on any atom is 0.341 e. The van der Waals surface area contributed by atoms with Crippen molar-refractivity contribution >= 4 is 57.6 Å². The van der Waals surface area contributed by atoms with Crippen molar-refractivity contribution in [2.45, 2.75) is 36.9 Å². The van der Waals surface area contributed by atoms with Gasteiger partial charge < -0.3 is 25.2 Å². The van der Waals surface area contributed by atoms with Crippen LogP contribution in [0, 0.1) is 13.8 Å². The van der Waals surface area contributed by atoms with E-state index in [9.17, 15) is 14.4 Å². The van der Waals surface area contributed by atoms with Gasteiger partial charge in [-0.15, -0.1) is 21.5 Å². The number of H-pyrrole nitrogens is 1. The summed E-state index contributed by atoms with van der Waals surface area (Å²) in [5, 5.41) is 11.6. The van der Waals surface area contributed by atoms with Crippen LogP contribution in [0.5, 0.6) is 0 Å². The molecule has 11 nitrogen and oxygen atoms in total.